The molecule has 0 heterocycles. The van der Waals surface area contributed by atoms with Crippen LogP contribution in [0.2, 0.25) is 0 Å². The van der Waals surface area contributed by atoms with Crippen LogP contribution in [0.15, 0.2) is 0 Å². The van der Waals surface area contributed by atoms with E-state index in [1.807, 2.05) is 11.8 Å². The number of thioether (sulfide) groups is 1. The highest BCUT2D eigenvalue weighted by molar-refractivity contribution is 7.99. The molecular formula is C22H39NOS. The van der Waals surface area contributed by atoms with Crippen LogP contribution in [-0.2, 0) is 0 Å². The van der Waals surface area contributed by atoms with Crippen molar-refractivity contribution >= 4 is 11.8 Å². The summed E-state index contributed by atoms with van der Waals surface area (Å²) in [6, 6.07) is 0. The van der Waals surface area contributed by atoms with E-state index in [2.05, 4.69) is 13.8 Å². The minimum atomic E-state index is -0.452. The predicted octanol–water partition coefficient (Wildman–Crippen LogP) is 4.84. The van der Waals surface area contributed by atoms with Gasteiger partial charge in [-0.05, 0) is 80.5 Å². The van der Waals surface area contributed by atoms with E-state index < -0.39 is 5.60 Å². The van der Waals surface area contributed by atoms with Gasteiger partial charge in [0.15, 0.2) is 0 Å². The Kier molecular flexibility index (Phi) is 5.00. The molecule has 144 valence electrons. The molecule has 0 saturated heterocycles. The molecule has 4 saturated carbocycles. The minimum Gasteiger partial charge on any atom is -0.388 e. The lowest BCUT2D eigenvalue weighted by Crippen LogP contribution is -2.56. The van der Waals surface area contributed by atoms with E-state index >= 15 is 0 Å². The Morgan fingerprint density at radius 1 is 0.960 bits per heavy atom. The number of hydrogen-bond donors (Lipinski definition) is 2. The lowest BCUT2D eigenvalue weighted by Gasteiger charge is -2.61. The zero-order chi connectivity index (χ0) is 17.7. The van der Waals surface area contributed by atoms with Crippen molar-refractivity contribution in [1.29, 1.82) is 0 Å². The zero-order valence-corrected chi connectivity index (χ0v) is 17.3. The fraction of sp³-hybridized carbons (Fsp3) is 1.00. The Morgan fingerprint density at radius 2 is 1.76 bits per heavy atom. The normalized spacial score (nSPS) is 52.3. The SMILES string of the molecule is C[C@]12CCCCC1CCC1C2CC[C@@]2(C)C1CC[C@@]2(O)CSCCN. The molecule has 2 nitrogen and oxygen atoms in total. The summed E-state index contributed by atoms with van der Waals surface area (Å²) in [7, 11) is 0. The van der Waals surface area contributed by atoms with Crippen molar-refractivity contribution in [2.24, 2.45) is 40.2 Å². The Labute approximate surface area is 159 Å². The van der Waals surface area contributed by atoms with Crippen molar-refractivity contribution in [3.8, 4) is 0 Å². The van der Waals surface area contributed by atoms with Crippen LogP contribution in [0.4, 0.5) is 0 Å². The van der Waals surface area contributed by atoms with Gasteiger partial charge in [-0.15, -0.1) is 0 Å². The third kappa shape index (κ3) is 2.74. The van der Waals surface area contributed by atoms with Crippen molar-refractivity contribution in [2.45, 2.75) is 83.7 Å². The first-order valence-electron chi connectivity index (χ1n) is 10.9. The maximum absolute atomic E-state index is 11.6. The summed E-state index contributed by atoms with van der Waals surface area (Å²) >= 11 is 1.88. The number of hydrogen-bond acceptors (Lipinski definition) is 3. The number of nitrogens with two attached hydrogens (primary N) is 1. The second-order valence-electron chi connectivity index (χ2n) is 10.3. The van der Waals surface area contributed by atoms with Gasteiger partial charge in [0.05, 0.1) is 5.60 Å². The average molecular weight is 366 g/mol. The zero-order valence-electron chi connectivity index (χ0n) is 16.4. The molecule has 4 rings (SSSR count). The summed E-state index contributed by atoms with van der Waals surface area (Å²) in [5, 5.41) is 11.6. The van der Waals surface area contributed by atoms with Gasteiger partial charge in [0, 0.05) is 23.5 Å². The fourth-order valence-electron chi connectivity index (χ4n) is 7.97. The van der Waals surface area contributed by atoms with Crippen molar-refractivity contribution in [3.05, 3.63) is 0 Å². The van der Waals surface area contributed by atoms with E-state index in [0.29, 0.717) is 5.41 Å². The molecule has 0 spiro atoms. The molecule has 3 heteroatoms. The Bertz CT molecular complexity index is 498. The molecule has 0 aromatic carbocycles. The van der Waals surface area contributed by atoms with E-state index in [-0.39, 0.29) is 5.41 Å². The smallest absolute Gasteiger partial charge is 0.0793 e. The number of rotatable bonds is 4. The van der Waals surface area contributed by atoms with Crippen LogP contribution in [0.3, 0.4) is 0 Å². The molecule has 0 amide bonds. The van der Waals surface area contributed by atoms with Crippen molar-refractivity contribution in [2.75, 3.05) is 18.1 Å². The topological polar surface area (TPSA) is 46.2 Å². The van der Waals surface area contributed by atoms with Crippen molar-refractivity contribution in [3.63, 3.8) is 0 Å². The molecule has 25 heavy (non-hydrogen) atoms. The van der Waals surface area contributed by atoms with Crippen LogP contribution in [0, 0.1) is 34.5 Å². The summed E-state index contributed by atoms with van der Waals surface area (Å²) in [4.78, 5) is 0. The molecule has 4 aliphatic carbocycles. The molecule has 4 unspecified atom stereocenters. The van der Waals surface area contributed by atoms with Gasteiger partial charge in [0.2, 0.25) is 0 Å². The maximum atomic E-state index is 11.6. The van der Waals surface area contributed by atoms with E-state index in [4.69, 9.17) is 5.73 Å². The van der Waals surface area contributed by atoms with Gasteiger partial charge in [-0.25, -0.2) is 0 Å². The quantitative estimate of drug-likeness (QED) is 0.701. The predicted molar refractivity (Wildman–Crippen MR) is 108 cm³/mol. The summed E-state index contributed by atoms with van der Waals surface area (Å²) < 4.78 is 0. The molecule has 4 fully saturated rings. The first kappa shape index (κ1) is 18.6. The monoisotopic (exact) mass is 365 g/mol. The van der Waals surface area contributed by atoms with E-state index in [1.165, 1.54) is 57.8 Å². The molecule has 3 N–H and O–H groups in total. The lowest BCUT2D eigenvalue weighted by atomic mass is 9.44. The average Bonchev–Trinajstić information content (AvgIpc) is 2.86. The van der Waals surface area contributed by atoms with Crippen LogP contribution in [0.5, 0.6) is 0 Å². The highest BCUT2D eigenvalue weighted by Gasteiger charge is 2.64. The van der Waals surface area contributed by atoms with Gasteiger partial charge in [0.25, 0.3) is 0 Å². The third-order valence-electron chi connectivity index (χ3n) is 9.51. The second-order valence-corrected chi connectivity index (χ2v) is 11.4. The van der Waals surface area contributed by atoms with Gasteiger partial charge >= 0.3 is 0 Å². The first-order valence-corrected chi connectivity index (χ1v) is 12.1. The van der Waals surface area contributed by atoms with Crippen LogP contribution in [0.1, 0.15) is 78.1 Å². The van der Waals surface area contributed by atoms with Crippen LogP contribution in [-0.4, -0.2) is 28.8 Å². The molecule has 4 aliphatic rings. The fourth-order valence-corrected chi connectivity index (χ4v) is 9.09. The highest BCUT2D eigenvalue weighted by atomic mass is 32.2. The Morgan fingerprint density at radius 3 is 2.56 bits per heavy atom. The first-order chi connectivity index (χ1) is 11.9. The third-order valence-corrected chi connectivity index (χ3v) is 10.7. The molecule has 0 aromatic rings. The van der Waals surface area contributed by atoms with Crippen molar-refractivity contribution < 1.29 is 5.11 Å². The van der Waals surface area contributed by atoms with E-state index in [0.717, 1.165) is 48.1 Å². The standard InChI is InChI=1S/C22H39NOS/c1-20-10-4-3-5-16(20)6-7-17-18(20)8-11-21(2)19(17)9-12-22(21,24)15-25-14-13-23/h16-19,24H,3-15,23H2,1-2H3/t16?,17?,18?,19?,20-,21-,22+/m0/s1. The summed E-state index contributed by atoms with van der Waals surface area (Å²) in [6.45, 7) is 5.82. The highest BCUT2D eigenvalue weighted by Crippen LogP contribution is 2.68. The molecule has 0 bridgehead atoms. The van der Waals surface area contributed by atoms with E-state index in [9.17, 15) is 5.11 Å². The van der Waals surface area contributed by atoms with E-state index in [1.54, 1.807) is 0 Å². The van der Waals surface area contributed by atoms with Gasteiger partial charge in [-0.1, -0.05) is 26.7 Å². The summed E-state index contributed by atoms with van der Waals surface area (Å²) in [6.07, 6.45) is 13.7. The Hall–Kier alpha value is 0.270. The minimum absolute atomic E-state index is 0.146. The molecule has 0 aromatic heterocycles. The van der Waals surface area contributed by atoms with Crippen LogP contribution < -0.4 is 5.73 Å². The molecular weight excluding hydrogens is 326 g/mol. The summed E-state index contributed by atoms with van der Waals surface area (Å²) in [5.74, 6) is 5.44. The van der Waals surface area contributed by atoms with Gasteiger partial charge < -0.3 is 10.8 Å². The molecule has 7 atom stereocenters. The summed E-state index contributed by atoms with van der Waals surface area (Å²) in [5.41, 5.74) is 5.99. The number of fused-ring (bicyclic) bond motifs is 5. The van der Waals surface area contributed by atoms with Gasteiger partial charge in [-0.2, -0.15) is 11.8 Å². The van der Waals surface area contributed by atoms with Gasteiger partial charge in [-0.3, -0.25) is 0 Å². The largest absolute Gasteiger partial charge is 0.388 e. The van der Waals surface area contributed by atoms with Crippen LogP contribution >= 0.6 is 11.8 Å². The molecule has 0 radical (unpaired) electrons. The van der Waals surface area contributed by atoms with Crippen LogP contribution in [0.25, 0.3) is 0 Å². The molecule has 0 aliphatic heterocycles. The maximum Gasteiger partial charge on any atom is 0.0793 e. The van der Waals surface area contributed by atoms with Crippen molar-refractivity contribution in [1.82, 2.24) is 0 Å². The number of aliphatic hydroxyl groups is 1. The lowest BCUT2D eigenvalue weighted by molar-refractivity contribution is -0.143. The van der Waals surface area contributed by atoms with Gasteiger partial charge in [0.1, 0.15) is 0 Å². The second kappa shape index (κ2) is 6.71. The Balaban J connectivity index is 1.55.